The molecule has 92 valence electrons. The lowest BCUT2D eigenvalue weighted by atomic mass is 9.82. The van der Waals surface area contributed by atoms with Crippen LogP contribution in [0.15, 0.2) is 30.3 Å². The summed E-state index contributed by atoms with van der Waals surface area (Å²) in [5.41, 5.74) is 1.53. The normalized spacial score (nSPS) is 32.4. The molecule has 0 amide bonds. The molecule has 0 N–H and O–H groups in total. The van der Waals surface area contributed by atoms with Crippen molar-refractivity contribution >= 4 is 0 Å². The first kappa shape index (κ1) is 11.3. The molecule has 0 heteroatoms. The summed E-state index contributed by atoms with van der Waals surface area (Å²) >= 11 is 0. The van der Waals surface area contributed by atoms with E-state index in [1.54, 1.807) is 0 Å². The maximum atomic E-state index is 2.28. The van der Waals surface area contributed by atoms with E-state index in [4.69, 9.17) is 0 Å². The van der Waals surface area contributed by atoms with Crippen LogP contribution in [0.5, 0.6) is 0 Å². The third kappa shape index (κ3) is 2.73. The molecule has 0 aliphatic heterocycles. The summed E-state index contributed by atoms with van der Waals surface area (Å²) in [4.78, 5) is 0. The van der Waals surface area contributed by atoms with Crippen LogP contribution in [0.3, 0.4) is 0 Å². The van der Waals surface area contributed by atoms with Crippen LogP contribution >= 0.6 is 0 Å². The van der Waals surface area contributed by atoms with Gasteiger partial charge in [0.2, 0.25) is 0 Å². The molecule has 3 rings (SSSR count). The van der Waals surface area contributed by atoms with Gasteiger partial charge < -0.3 is 0 Å². The van der Waals surface area contributed by atoms with Gasteiger partial charge >= 0.3 is 0 Å². The fraction of sp³-hybridized carbons (Fsp3) is 0.647. The highest BCUT2D eigenvalue weighted by Gasteiger charge is 2.34. The summed E-state index contributed by atoms with van der Waals surface area (Å²) in [6.45, 7) is 0. The second-order valence-corrected chi connectivity index (χ2v) is 6.17. The molecule has 0 aromatic heterocycles. The van der Waals surface area contributed by atoms with E-state index in [0.29, 0.717) is 0 Å². The first-order valence-corrected chi connectivity index (χ1v) is 7.46. The maximum absolute atomic E-state index is 2.28. The van der Waals surface area contributed by atoms with Crippen LogP contribution in [0.2, 0.25) is 0 Å². The Morgan fingerprint density at radius 1 is 0.882 bits per heavy atom. The molecule has 0 saturated heterocycles. The number of aryl methyl sites for hydroxylation is 1. The summed E-state index contributed by atoms with van der Waals surface area (Å²) in [6, 6.07) is 11.0. The first-order valence-electron chi connectivity index (χ1n) is 7.46. The monoisotopic (exact) mass is 228 g/mol. The minimum Gasteiger partial charge on any atom is -0.0622 e. The number of fused-ring (bicyclic) bond motifs is 1. The Morgan fingerprint density at radius 2 is 1.53 bits per heavy atom. The Morgan fingerprint density at radius 3 is 2.18 bits per heavy atom. The zero-order valence-electron chi connectivity index (χ0n) is 10.8. The second-order valence-electron chi connectivity index (χ2n) is 6.17. The van der Waals surface area contributed by atoms with Gasteiger partial charge in [0.1, 0.15) is 0 Å². The van der Waals surface area contributed by atoms with Crippen LogP contribution in [0, 0.1) is 17.8 Å². The smallest absolute Gasteiger partial charge is 0.0276 e. The van der Waals surface area contributed by atoms with Crippen molar-refractivity contribution in [2.45, 2.75) is 51.4 Å². The summed E-state index contributed by atoms with van der Waals surface area (Å²) < 4.78 is 0. The van der Waals surface area contributed by atoms with E-state index in [1.165, 1.54) is 56.9 Å². The van der Waals surface area contributed by atoms with E-state index in [0.717, 1.165) is 17.8 Å². The van der Waals surface area contributed by atoms with E-state index in [-0.39, 0.29) is 0 Å². The zero-order chi connectivity index (χ0) is 11.5. The Kier molecular flexibility index (Phi) is 3.49. The average Bonchev–Trinajstić information content (AvgIpc) is 2.80. The summed E-state index contributed by atoms with van der Waals surface area (Å²) in [6.07, 6.45) is 11.9. The molecule has 0 heterocycles. The molecule has 2 aliphatic rings. The van der Waals surface area contributed by atoms with Crippen molar-refractivity contribution in [1.29, 1.82) is 0 Å². The van der Waals surface area contributed by atoms with E-state index < -0.39 is 0 Å². The fourth-order valence-electron chi connectivity index (χ4n) is 4.11. The number of benzene rings is 1. The molecule has 2 aliphatic carbocycles. The van der Waals surface area contributed by atoms with Gasteiger partial charge in [0.15, 0.2) is 0 Å². The van der Waals surface area contributed by atoms with Crippen LogP contribution in [-0.4, -0.2) is 0 Å². The molecular weight excluding hydrogens is 204 g/mol. The Labute approximate surface area is 105 Å². The molecule has 2 fully saturated rings. The van der Waals surface area contributed by atoms with E-state index >= 15 is 0 Å². The highest BCUT2D eigenvalue weighted by Crippen LogP contribution is 2.46. The number of hydrogen-bond donors (Lipinski definition) is 0. The van der Waals surface area contributed by atoms with Gasteiger partial charge in [-0.3, -0.25) is 0 Å². The van der Waals surface area contributed by atoms with Gasteiger partial charge in [0, 0.05) is 0 Å². The topological polar surface area (TPSA) is 0 Å². The van der Waals surface area contributed by atoms with Gasteiger partial charge in [-0.2, -0.15) is 0 Å². The molecule has 0 radical (unpaired) electrons. The largest absolute Gasteiger partial charge is 0.0622 e. The number of rotatable bonds is 3. The van der Waals surface area contributed by atoms with Crippen molar-refractivity contribution in [2.75, 3.05) is 0 Å². The lowest BCUT2D eigenvalue weighted by molar-refractivity contribution is 0.277. The third-order valence-electron chi connectivity index (χ3n) is 5.02. The van der Waals surface area contributed by atoms with Gasteiger partial charge in [-0.05, 0) is 49.0 Å². The van der Waals surface area contributed by atoms with Crippen molar-refractivity contribution in [3.8, 4) is 0 Å². The maximum Gasteiger partial charge on any atom is -0.0276 e. The lowest BCUT2D eigenvalue weighted by Gasteiger charge is -2.24. The van der Waals surface area contributed by atoms with Crippen LogP contribution in [0.4, 0.5) is 0 Å². The SMILES string of the molecule is c1ccc(CCC2CC3CCCCC3C2)cc1. The fourth-order valence-corrected chi connectivity index (χ4v) is 4.11. The Balaban J connectivity index is 1.50. The molecule has 17 heavy (non-hydrogen) atoms. The van der Waals surface area contributed by atoms with Crippen LogP contribution < -0.4 is 0 Å². The van der Waals surface area contributed by atoms with Crippen LogP contribution in [0.25, 0.3) is 0 Å². The molecule has 0 nitrogen and oxygen atoms in total. The predicted octanol–water partition coefficient (Wildman–Crippen LogP) is 4.84. The van der Waals surface area contributed by atoms with Crippen molar-refractivity contribution in [2.24, 2.45) is 17.8 Å². The van der Waals surface area contributed by atoms with Gasteiger partial charge in [-0.1, -0.05) is 56.0 Å². The van der Waals surface area contributed by atoms with Crippen LogP contribution in [-0.2, 0) is 6.42 Å². The third-order valence-corrected chi connectivity index (χ3v) is 5.02. The van der Waals surface area contributed by atoms with Gasteiger partial charge in [-0.25, -0.2) is 0 Å². The predicted molar refractivity (Wildman–Crippen MR) is 72.9 cm³/mol. The highest BCUT2D eigenvalue weighted by molar-refractivity contribution is 5.14. The zero-order valence-corrected chi connectivity index (χ0v) is 10.8. The minimum absolute atomic E-state index is 1.03. The highest BCUT2D eigenvalue weighted by atomic mass is 14.4. The van der Waals surface area contributed by atoms with E-state index in [9.17, 15) is 0 Å². The van der Waals surface area contributed by atoms with Crippen molar-refractivity contribution in [1.82, 2.24) is 0 Å². The molecule has 1 aromatic carbocycles. The minimum atomic E-state index is 1.03. The molecule has 2 unspecified atom stereocenters. The molecular formula is C17H24. The Hall–Kier alpha value is -0.780. The van der Waals surface area contributed by atoms with Crippen LogP contribution in [0.1, 0.15) is 50.5 Å². The average molecular weight is 228 g/mol. The second kappa shape index (κ2) is 5.25. The number of hydrogen-bond acceptors (Lipinski definition) is 0. The summed E-state index contributed by atoms with van der Waals surface area (Å²) in [5, 5.41) is 0. The molecule has 1 aromatic rings. The summed E-state index contributed by atoms with van der Waals surface area (Å²) in [7, 11) is 0. The lowest BCUT2D eigenvalue weighted by Crippen LogP contribution is -2.12. The van der Waals surface area contributed by atoms with Gasteiger partial charge in [0.05, 0.1) is 0 Å². The molecule has 0 spiro atoms. The molecule has 2 saturated carbocycles. The van der Waals surface area contributed by atoms with E-state index in [1.807, 2.05) is 0 Å². The standard InChI is InChI=1S/C17H24/c1-2-6-14(7-3-1)10-11-15-12-16-8-4-5-9-17(16)13-15/h1-3,6-7,15-17H,4-5,8-13H2. The molecule has 2 atom stereocenters. The summed E-state index contributed by atoms with van der Waals surface area (Å²) in [5.74, 6) is 3.23. The van der Waals surface area contributed by atoms with Crippen molar-refractivity contribution in [3.63, 3.8) is 0 Å². The first-order chi connectivity index (χ1) is 8.42. The molecule has 0 bridgehead atoms. The van der Waals surface area contributed by atoms with Crippen molar-refractivity contribution < 1.29 is 0 Å². The van der Waals surface area contributed by atoms with Crippen molar-refractivity contribution in [3.05, 3.63) is 35.9 Å². The Bertz CT molecular complexity index is 326. The van der Waals surface area contributed by atoms with E-state index in [2.05, 4.69) is 30.3 Å². The van der Waals surface area contributed by atoms with Gasteiger partial charge in [0.25, 0.3) is 0 Å². The quantitative estimate of drug-likeness (QED) is 0.694. The van der Waals surface area contributed by atoms with Gasteiger partial charge in [-0.15, -0.1) is 0 Å².